The van der Waals surface area contributed by atoms with Crippen molar-refractivity contribution in [1.82, 2.24) is 10.0 Å². The van der Waals surface area contributed by atoms with E-state index in [1.165, 1.54) is 0 Å². The monoisotopic (exact) mass is 298 g/mol. The molecule has 0 radical (unpaired) electrons. The number of nitrogens with one attached hydrogen (secondary N) is 2. The lowest BCUT2D eigenvalue weighted by molar-refractivity contribution is 0.115. The van der Waals surface area contributed by atoms with E-state index in [4.69, 9.17) is 4.74 Å². The molecule has 2 N–H and O–H groups in total. The van der Waals surface area contributed by atoms with Crippen molar-refractivity contribution in [1.29, 1.82) is 0 Å². The van der Waals surface area contributed by atoms with Gasteiger partial charge in [-0.25, -0.2) is 13.1 Å². The van der Waals surface area contributed by atoms with E-state index in [0.717, 1.165) is 19.5 Å². The van der Waals surface area contributed by atoms with Gasteiger partial charge in [0.1, 0.15) is 11.9 Å². The molecule has 2 unspecified atom stereocenters. The first-order valence-corrected chi connectivity index (χ1v) is 8.48. The SMILES string of the molecule is CCNS(=O)(=O)c1ccc(OC2CNCCC2C)cc1. The zero-order valence-electron chi connectivity index (χ0n) is 11.9. The van der Waals surface area contributed by atoms with E-state index in [-0.39, 0.29) is 11.0 Å². The van der Waals surface area contributed by atoms with Gasteiger partial charge < -0.3 is 10.1 Å². The van der Waals surface area contributed by atoms with Crippen LogP contribution in [0.1, 0.15) is 20.3 Å². The van der Waals surface area contributed by atoms with Gasteiger partial charge in [-0.3, -0.25) is 0 Å². The van der Waals surface area contributed by atoms with Crippen LogP contribution >= 0.6 is 0 Å². The van der Waals surface area contributed by atoms with Crippen LogP contribution in [0.5, 0.6) is 5.75 Å². The van der Waals surface area contributed by atoms with Crippen LogP contribution in [0.2, 0.25) is 0 Å². The molecule has 1 fully saturated rings. The van der Waals surface area contributed by atoms with Crippen LogP contribution in [0, 0.1) is 5.92 Å². The highest BCUT2D eigenvalue weighted by Crippen LogP contribution is 2.21. The Morgan fingerprint density at radius 1 is 1.35 bits per heavy atom. The number of piperidine rings is 1. The van der Waals surface area contributed by atoms with Crippen LogP contribution in [0.3, 0.4) is 0 Å². The van der Waals surface area contributed by atoms with Crippen LogP contribution in [0.15, 0.2) is 29.2 Å². The second kappa shape index (κ2) is 6.56. The highest BCUT2D eigenvalue weighted by atomic mass is 32.2. The maximum absolute atomic E-state index is 11.8. The maximum Gasteiger partial charge on any atom is 0.240 e. The average Bonchev–Trinajstić information content (AvgIpc) is 2.42. The minimum atomic E-state index is -3.39. The van der Waals surface area contributed by atoms with Crippen molar-refractivity contribution in [3.63, 3.8) is 0 Å². The van der Waals surface area contributed by atoms with Crippen molar-refractivity contribution in [2.45, 2.75) is 31.3 Å². The summed E-state index contributed by atoms with van der Waals surface area (Å²) in [6.45, 7) is 6.17. The fourth-order valence-corrected chi connectivity index (χ4v) is 3.31. The molecule has 6 heteroatoms. The summed E-state index contributed by atoms with van der Waals surface area (Å²) in [5.41, 5.74) is 0. The fraction of sp³-hybridized carbons (Fsp3) is 0.571. The van der Waals surface area contributed by atoms with Crippen molar-refractivity contribution in [3.05, 3.63) is 24.3 Å². The highest BCUT2D eigenvalue weighted by Gasteiger charge is 2.22. The third kappa shape index (κ3) is 3.71. The molecule has 2 atom stereocenters. The van der Waals surface area contributed by atoms with Gasteiger partial charge in [-0.05, 0) is 43.1 Å². The minimum absolute atomic E-state index is 0.139. The lowest BCUT2D eigenvalue weighted by Crippen LogP contribution is -2.42. The van der Waals surface area contributed by atoms with Gasteiger partial charge in [0.25, 0.3) is 0 Å². The Morgan fingerprint density at radius 3 is 2.65 bits per heavy atom. The molecule has 0 saturated carbocycles. The number of hydrogen-bond acceptors (Lipinski definition) is 4. The highest BCUT2D eigenvalue weighted by molar-refractivity contribution is 7.89. The summed E-state index contributed by atoms with van der Waals surface area (Å²) < 4.78 is 32.0. The second-order valence-electron chi connectivity index (χ2n) is 5.10. The standard InChI is InChI=1S/C14H22N2O3S/c1-3-16-20(17,18)13-6-4-12(5-7-13)19-14-10-15-9-8-11(14)2/h4-7,11,14-16H,3,8-10H2,1-2H3. The maximum atomic E-state index is 11.8. The average molecular weight is 298 g/mol. The molecular formula is C14H22N2O3S. The number of ether oxygens (including phenoxy) is 1. The first-order valence-electron chi connectivity index (χ1n) is 7.00. The summed E-state index contributed by atoms with van der Waals surface area (Å²) in [6, 6.07) is 6.58. The Hall–Kier alpha value is -1.11. The van der Waals surface area contributed by atoms with Crippen LogP contribution in [0.4, 0.5) is 0 Å². The van der Waals surface area contributed by atoms with Crippen molar-refractivity contribution >= 4 is 10.0 Å². The molecule has 0 aliphatic carbocycles. The molecule has 5 nitrogen and oxygen atoms in total. The lowest BCUT2D eigenvalue weighted by Gasteiger charge is -2.30. The van der Waals surface area contributed by atoms with Gasteiger partial charge in [0.05, 0.1) is 4.90 Å². The van der Waals surface area contributed by atoms with E-state index in [2.05, 4.69) is 17.0 Å². The zero-order chi connectivity index (χ0) is 14.6. The van der Waals surface area contributed by atoms with Gasteiger partial charge in [-0.2, -0.15) is 0 Å². The minimum Gasteiger partial charge on any atom is -0.489 e. The topological polar surface area (TPSA) is 67.4 Å². The molecular weight excluding hydrogens is 276 g/mol. The van der Waals surface area contributed by atoms with Crippen molar-refractivity contribution in [2.24, 2.45) is 5.92 Å². The normalized spacial score (nSPS) is 23.5. The molecule has 0 bridgehead atoms. The van der Waals surface area contributed by atoms with Crippen LogP contribution in [0.25, 0.3) is 0 Å². The Kier molecular flexibility index (Phi) is 5.01. The molecule has 1 aliphatic heterocycles. The van der Waals surface area contributed by atoms with Crippen molar-refractivity contribution in [2.75, 3.05) is 19.6 Å². The molecule has 1 heterocycles. The van der Waals surface area contributed by atoms with E-state index in [1.54, 1.807) is 31.2 Å². The van der Waals surface area contributed by atoms with Gasteiger partial charge in [-0.15, -0.1) is 0 Å². The lowest BCUT2D eigenvalue weighted by atomic mass is 9.97. The first-order chi connectivity index (χ1) is 9.53. The Balaban J connectivity index is 2.05. The van der Waals surface area contributed by atoms with Gasteiger partial charge in [0, 0.05) is 13.1 Å². The van der Waals surface area contributed by atoms with Crippen LogP contribution in [-0.4, -0.2) is 34.2 Å². The third-order valence-corrected chi connectivity index (χ3v) is 5.07. The molecule has 0 amide bonds. The number of rotatable bonds is 5. The summed E-state index contributed by atoms with van der Waals surface area (Å²) >= 11 is 0. The van der Waals surface area contributed by atoms with Gasteiger partial charge in [0.15, 0.2) is 0 Å². The fourth-order valence-electron chi connectivity index (χ4n) is 2.26. The molecule has 112 valence electrons. The number of sulfonamides is 1. The summed E-state index contributed by atoms with van der Waals surface area (Å²) in [5, 5.41) is 3.31. The molecule has 1 aromatic carbocycles. The van der Waals surface area contributed by atoms with Gasteiger partial charge >= 0.3 is 0 Å². The van der Waals surface area contributed by atoms with Crippen molar-refractivity contribution < 1.29 is 13.2 Å². The summed E-state index contributed by atoms with van der Waals surface area (Å²) in [4.78, 5) is 0.265. The van der Waals surface area contributed by atoms with Crippen LogP contribution < -0.4 is 14.8 Å². The van der Waals surface area contributed by atoms with Crippen molar-refractivity contribution in [3.8, 4) is 5.75 Å². The zero-order valence-corrected chi connectivity index (χ0v) is 12.7. The van der Waals surface area contributed by atoms with E-state index < -0.39 is 10.0 Å². The van der Waals surface area contributed by atoms with E-state index >= 15 is 0 Å². The first kappa shape index (κ1) is 15.3. The molecule has 1 saturated heterocycles. The second-order valence-corrected chi connectivity index (χ2v) is 6.87. The summed E-state index contributed by atoms with van der Waals surface area (Å²) in [5.74, 6) is 1.21. The van der Waals surface area contributed by atoms with E-state index in [0.29, 0.717) is 18.2 Å². The van der Waals surface area contributed by atoms with E-state index in [9.17, 15) is 8.42 Å². The predicted octanol–water partition coefficient (Wildman–Crippen LogP) is 1.36. The molecule has 1 aliphatic rings. The smallest absolute Gasteiger partial charge is 0.240 e. The third-order valence-electron chi connectivity index (χ3n) is 3.51. The number of hydrogen-bond donors (Lipinski definition) is 2. The Bertz CT molecular complexity index is 528. The molecule has 20 heavy (non-hydrogen) atoms. The number of benzene rings is 1. The molecule has 1 aromatic rings. The Morgan fingerprint density at radius 2 is 2.05 bits per heavy atom. The van der Waals surface area contributed by atoms with Gasteiger partial charge in [-0.1, -0.05) is 13.8 Å². The summed E-state index contributed by atoms with van der Waals surface area (Å²) in [6.07, 6.45) is 1.23. The predicted molar refractivity (Wildman–Crippen MR) is 78.4 cm³/mol. The molecule has 0 spiro atoms. The quantitative estimate of drug-likeness (QED) is 0.861. The molecule has 2 rings (SSSR count). The Labute approximate surface area is 120 Å². The molecule has 0 aromatic heterocycles. The van der Waals surface area contributed by atoms with Gasteiger partial charge in [0.2, 0.25) is 10.0 Å². The van der Waals surface area contributed by atoms with Crippen LogP contribution in [-0.2, 0) is 10.0 Å². The largest absolute Gasteiger partial charge is 0.489 e. The van der Waals surface area contributed by atoms with E-state index in [1.807, 2.05) is 0 Å². The summed E-state index contributed by atoms with van der Waals surface area (Å²) in [7, 11) is -3.39.